The van der Waals surface area contributed by atoms with Crippen LogP contribution in [-0.4, -0.2) is 38.6 Å². The Morgan fingerprint density at radius 2 is 1.58 bits per heavy atom. The molecule has 1 unspecified atom stereocenters. The van der Waals surface area contributed by atoms with Crippen LogP contribution < -0.4 is 4.31 Å². The van der Waals surface area contributed by atoms with Gasteiger partial charge in [-0.3, -0.25) is 9.10 Å². The van der Waals surface area contributed by atoms with E-state index >= 15 is 0 Å². The fraction of sp³-hybridized carbons (Fsp3) is 0.350. The van der Waals surface area contributed by atoms with Gasteiger partial charge in [-0.25, -0.2) is 8.42 Å². The van der Waals surface area contributed by atoms with Gasteiger partial charge in [0.1, 0.15) is 6.04 Å². The quantitative estimate of drug-likeness (QED) is 0.781. The number of carbonyl (C=O) groups is 1. The molecule has 0 aromatic heterocycles. The van der Waals surface area contributed by atoms with Crippen molar-refractivity contribution in [2.45, 2.75) is 33.4 Å². The van der Waals surface area contributed by atoms with E-state index in [1.165, 1.54) is 4.31 Å². The predicted molar refractivity (Wildman–Crippen MR) is 106 cm³/mol. The SMILES string of the molecule is Cc1cc(C)cc(N(C(C)C(=O)N(C)Cc2ccccc2)S(C)(=O)=O)c1. The predicted octanol–water partition coefficient (Wildman–Crippen LogP) is 3.12. The lowest BCUT2D eigenvalue weighted by Gasteiger charge is -2.31. The number of carbonyl (C=O) groups excluding carboxylic acids is 1. The molecule has 26 heavy (non-hydrogen) atoms. The fourth-order valence-electron chi connectivity index (χ4n) is 3.13. The Labute approximate surface area is 156 Å². The molecule has 0 aliphatic carbocycles. The summed E-state index contributed by atoms with van der Waals surface area (Å²) >= 11 is 0. The summed E-state index contributed by atoms with van der Waals surface area (Å²) in [4.78, 5) is 14.5. The summed E-state index contributed by atoms with van der Waals surface area (Å²) < 4.78 is 26.1. The molecule has 6 heteroatoms. The van der Waals surface area contributed by atoms with E-state index in [-0.39, 0.29) is 5.91 Å². The number of likely N-dealkylation sites (N-methyl/N-ethyl adjacent to an activating group) is 1. The average molecular weight is 375 g/mol. The lowest BCUT2D eigenvalue weighted by molar-refractivity contribution is -0.131. The zero-order valence-corrected chi connectivity index (χ0v) is 16.7. The molecule has 0 aliphatic heterocycles. The monoisotopic (exact) mass is 374 g/mol. The van der Waals surface area contributed by atoms with Crippen LogP contribution in [0.5, 0.6) is 0 Å². The smallest absolute Gasteiger partial charge is 0.246 e. The van der Waals surface area contributed by atoms with E-state index in [4.69, 9.17) is 0 Å². The lowest BCUT2D eigenvalue weighted by atomic mass is 10.1. The maximum atomic E-state index is 12.9. The van der Waals surface area contributed by atoms with Crippen molar-refractivity contribution in [1.82, 2.24) is 4.90 Å². The van der Waals surface area contributed by atoms with E-state index in [0.29, 0.717) is 12.2 Å². The van der Waals surface area contributed by atoms with Gasteiger partial charge in [-0.05, 0) is 49.6 Å². The van der Waals surface area contributed by atoms with E-state index in [9.17, 15) is 13.2 Å². The minimum absolute atomic E-state index is 0.251. The van der Waals surface area contributed by atoms with Crippen LogP contribution in [0, 0.1) is 13.8 Å². The molecule has 0 heterocycles. The first kappa shape index (κ1) is 20.0. The van der Waals surface area contributed by atoms with E-state index in [2.05, 4.69) is 0 Å². The zero-order chi connectivity index (χ0) is 19.5. The van der Waals surface area contributed by atoms with Crippen LogP contribution >= 0.6 is 0 Å². The zero-order valence-electron chi connectivity index (χ0n) is 15.9. The first-order valence-corrected chi connectivity index (χ1v) is 10.3. The van der Waals surface area contributed by atoms with E-state index < -0.39 is 16.1 Å². The molecule has 0 spiro atoms. The molecule has 2 rings (SSSR count). The Kier molecular flexibility index (Phi) is 6.08. The molecule has 1 amide bonds. The summed E-state index contributed by atoms with van der Waals surface area (Å²) in [5.74, 6) is -0.251. The second-order valence-electron chi connectivity index (χ2n) is 6.76. The lowest BCUT2D eigenvalue weighted by Crippen LogP contribution is -2.48. The first-order valence-electron chi connectivity index (χ1n) is 8.46. The van der Waals surface area contributed by atoms with Crippen molar-refractivity contribution in [2.24, 2.45) is 0 Å². The van der Waals surface area contributed by atoms with Crippen LogP contribution in [0.3, 0.4) is 0 Å². The van der Waals surface area contributed by atoms with Gasteiger partial charge in [0.2, 0.25) is 15.9 Å². The summed E-state index contributed by atoms with van der Waals surface area (Å²) in [5.41, 5.74) is 3.41. The highest BCUT2D eigenvalue weighted by molar-refractivity contribution is 7.92. The molecule has 0 radical (unpaired) electrons. The Morgan fingerprint density at radius 3 is 2.08 bits per heavy atom. The van der Waals surface area contributed by atoms with E-state index in [0.717, 1.165) is 22.9 Å². The fourth-order valence-corrected chi connectivity index (χ4v) is 4.29. The second-order valence-corrected chi connectivity index (χ2v) is 8.62. The van der Waals surface area contributed by atoms with Crippen LogP contribution in [0.4, 0.5) is 5.69 Å². The number of hydrogen-bond donors (Lipinski definition) is 0. The van der Waals surface area contributed by atoms with Crippen LogP contribution in [0.2, 0.25) is 0 Å². The number of benzene rings is 2. The summed E-state index contributed by atoms with van der Waals surface area (Å²) in [6.45, 7) is 5.87. The number of amides is 1. The maximum Gasteiger partial charge on any atom is 0.246 e. The minimum Gasteiger partial charge on any atom is -0.340 e. The normalized spacial score (nSPS) is 12.5. The van der Waals surface area contributed by atoms with Crippen molar-refractivity contribution in [1.29, 1.82) is 0 Å². The summed E-state index contributed by atoms with van der Waals surface area (Å²) in [7, 11) is -1.93. The molecule has 0 aliphatic rings. The van der Waals surface area contributed by atoms with Gasteiger partial charge in [-0.15, -0.1) is 0 Å². The first-order chi connectivity index (χ1) is 12.1. The summed E-state index contributed by atoms with van der Waals surface area (Å²) in [5, 5.41) is 0. The van der Waals surface area contributed by atoms with E-state index in [1.807, 2.05) is 50.2 Å². The second kappa shape index (κ2) is 7.91. The Hall–Kier alpha value is -2.34. The molecule has 5 nitrogen and oxygen atoms in total. The van der Waals surface area contributed by atoms with Gasteiger partial charge in [0.05, 0.1) is 11.9 Å². The van der Waals surface area contributed by atoms with Crippen molar-refractivity contribution in [2.75, 3.05) is 17.6 Å². The standard InChI is InChI=1S/C20H26N2O3S/c1-15-11-16(2)13-19(12-15)22(26(5,24)25)17(3)20(23)21(4)14-18-9-7-6-8-10-18/h6-13,17H,14H2,1-5H3. The number of rotatable bonds is 6. The molecule has 0 bridgehead atoms. The highest BCUT2D eigenvalue weighted by Gasteiger charge is 2.31. The molecular weight excluding hydrogens is 348 g/mol. The number of aryl methyl sites for hydroxylation is 2. The molecule has 2 aromatic rings. The van der Waals surface area contributed by atoms with Crippen molar-refractivity contribution < 1.29 is 13.2 Å². The van der Waals surface area contributed by atoms with Gasteiger partial charge >= 0.3 is 0 Å². The van der Waals surface area contributed by atoms with Crippen molar-refractivity contribution in [3.63, 3.8) is 0 Å². The molecule has 0 saturated heterocycles. The summed E-state index contributed by atoms with van der Waals surface area (Å²) in [6, 6.07) is 14.3. The maximum absolute atomic E-state index is 12.9. The number of hydrogen-bond acceptors (Lipinski definition) is 3. The molecule has 0 fully saturated rings. The van der Waals surface area contributed by atoms with Crippen LogP contribution in [0.1, 0.15) is 23.6 Å². The van der Waals surface area contributed by atoms with Gasteiger partial charge < -0.3 is 4.90 Å². The van der Waals surface area contributed by atoms with Crippen LogP contribution in [0.25, 0.3) is 0 Å². The largest absolute Gasteiger partial charge is 0.340 e. The minimum atomic E-state index is -3.62. The molecule has 1 atom stereocenters. The third-order valence-electron chi connectivity index (χ3n) is 4.17. The average Bonchev–Trinajstić information content (AvgIpc) is 2.52. The van der Waals surface area contributed by atoms with Crippen molar-refractivity contribution in [3.05, 3.63) is 65.2 Å². The van der Waals surface area contributed by atoms with Crippen LogP contribution in [0.15, 0.2) is 48.5 Å². The molecule has 0 saturated carbocycles. The summed E-state index contributed by atoms with van der Waals surface area (Å²) in [6.07, 6.45) is 1.13. The topological polar surface area (TPSA) is 57.7 Å². The van der Waals surface area contributed by atoms with Gasteiger partial charge in [0.25, 0.3) is 0 Å². The number of sulfonamides is 1. The van der Waals surface area contributed by atoms with E-state index in [1.54, 1.807) is 31.0 Å². The Morgan fingerprint density at radius 1 is 1.04 bits per heavy atom. The number of nitrogens with zero attached hydrogens (tertiary/aromatic N) is 2. The molecule has 140 valence electrons. The highest BCUT2D eigenvalue weighted by atomic mass is 32.2. The Balaban J connectivity index is 2.31. The Bertz CT molecular complexity index is 859. The van der Waals surface area contributed by atoms with Crippen molar-refractivity contribution >= 4 is 21.6 Å². The third-order valence-corrected chi connectivity index (χ3v) is 5.41. The van der Waals surface area contributed by atoms with Gasteiger partial charge in [0, 0.05) is 13.6 Å². The van der Waals surface area contributed by atoms with Crippen LogP contribution in [-0.2, 0) is 21.4 Å². The molecular formula is C20H26N2O3S. The van der Waals surface area contributed by atoms with Gasteiger partial charge in [-0.1, -0.05) is 36.4 Å². The van der Waals surface area contributed by atoms with Crippen molar-refractivity contribution in [3.8, 4) is 0 Å². The highest BCUT2D eigenvalue weighted by Crippen LogP contribution is 2.24. The molecule has 0 N–H and O–H groups in total. The van der Waals surface area contributed by atoms with Gasteiger partial charge in [0.15, 0.2) is 0 Å². The number of anilines is 1. The van der Waals surface area contributed by atoms with Gasteiger partial charge in [-0.2, -0.15) is 0 Å². The molecule has 2 aromatic carbocycles. The third kappa shape index (κ3) is 4.85.